The van der Waals surface area contributed by atoms with Gasteiger partial charge in [-0.05, 0) is 68.8 Å². The number of nitrogens with one attached hydrogen (secondary N) is 2. The van der Waals surface area contributed by atoms with E-state index in [4.69, 9.17) is 25.8 Å². The fourth-order valence-electron chi connectivity index (χ4n) is 7.43. The maximum atomic E-state index is 9.66. The van der Waals surface area contributed by atoms with Crippen LogP contribution in [0.1, 0.15) is 16.7 Å². The molecule has 0 aliphatic heterocycles. The van der Waals surface area contributed by atoms with Gasteiger partial charge >= 0.3 is 0 Å². The molecule has 0 amide bonds. The van der Waals surface area contributed by atoms with Crippen LogP contribution >= 0.6 is 11.8 Å². The third-order valence-corrected chi connectivity index (χ3v) is 11.3. The number of nitrogens with zero attached hydrogens (tertiary/aromatic N) is 4. The Morgan fingerprint density at radius 2 is 0.770 bits per heavy atom. The lowest BCUT2D eigenvalue weighted by Crippen LogP contribution is -2.01. The zero-order chi connectivity index (χ0) is 41.5. The van der Waals surface area contributed by atoms with Crippen molar-refractivity contribution in [2.24, 2.45) is 0 Å². The van der Waals surface area contributed by atoms with E-state index in [1.54, 1.807) is 6.07 Å². The number of hydrogen-bond donors (Lipinski definition) is 2. The third kappa shape index (κ3) is 8.30. The molecule has 0 aliphatic carbocycles. The summed E-state index contributed by atoms with van der Waals surface area (Å²) < 4.78 is 0. The summed E-state index contributed by atoms with van der Waals surface area (Å²) in [4.78, 5) is 15.2. The molecular weight excluding hydrogens is 765 g/mol. The normalized spacial score (nSPS) is 10.8. The van der Waals surface area contributed by atoms with Crippen LogP contribution in [0.25, 0.3) is 78.7 Å². The van der Waals surface area contributed by atoms with Gasteiger partial charge in [0, 0.05) is 27.8 Å². The molecule has 61 heavy (non-hydrogen) atoms. The molecule has 6 nitrogen and oxygen atoms in total. The standard InChI is InChI=1S/C54H36N6S/c55-35-36-16-13-21-39(32-36)46-28-9-12-31-49(46)54-59-52(38-19-5-2-6-20-38)58-53(60-54)43-25-15-23-41(34-43)45-27-8-11-30-48(45)47-29-10-7-26-44(47)40-22-14-24-42(33-40)51(57)61-50(56)37-17-3-1-4-18-37/h1-34,56-57H. The molecule has 0 spiro atoms. The number of benzene rings is 8. The van der Waals surface area contributed by atoms with Crippen molar-refractivity contribution < 1.29 is 0 Å². The number of thioether (sulfide) groups is 1. The molecule has 8 aromatic carbocycles. The summed E-state index contributed by atoms with van der Waals surface area (Å²) >= 11 is 1.15. The Morgan fingerprint density at radius 3 is 1.41 bits per heavy atom. The van der Waals surface area contributed by atoms with Gasteiger partial charge < -0.3 is 0 Å². The Labute approximate surface area is 359 Å². The molecule has 0 fully saturated rings. The zero-order valence-electron chi connectivity index (χ0n) is 32.8. The maximum Gasteiger partial charge on any atom is 0.164 e. The lowest BCUT2D eigenvalue weighted by atomic mass is 9.88. The van der Waals surface area contributed by atoms with Gasteiger partial charge in [-0.25, -0.2) is 15.0 Å². The Kier molecular flexibility index (Phi) is 11.0. The quantitative estimate of drug-likeness (QED) is 0.112. The fraction of sp³-hybridized carbons (Fsp3) is 0. The zero-order valence-corrected chi connectivity index (χ0v) is 33.6. The summed E-state index contributed by atoms with van der Waals surface area (Å²) in [5, 5.41) is 27.8. The van der Waals surface area contributed by atoms with E-state index in [-0.39, 0.29) is 0 Å². The summed E-state index contributed by atoms with van der Waals surface area (Å²) in [6, 6.07) is 70.4. The van der Waals surface area contributed by atoms with Gasteiger partial charge in [-0.2, -0.15) is 5.26 Å². The Hall–Kier alpha value is -8.05. The minimum absolute atomic E-state index is 0.319. The molecule has 1 heterocycles. The van der Waals surface area contributed by atoms with Gasteiger partial charge in [0.05, 0.1) is 11.6 Å². The summed E-state index contributed by atoms with van der Waals surface area (Å²) in [5.74, 6) is 1.64. The minimum atomic E-state index is 0.319. The van der Waals surface area contributed by atoms with Crippen LogP contribution in [-0.4, -0.2) is 25.0 Å². The summed E-state index contributed by atoms with van der Waals surface area (Å²) in [6.45, 7) is 0. The number of nitriles is 1. The highest BCUT2D eigenvalue weighted by atomic mass is 32.2. The summed E-state index contributed by atoms with van der Waals surface area (Å²) in [6.07, 6.45) is 0. The van der Waals surface area contributed by atoms with Crippen LogP contribution in [0.4, 0.5) is 0 Å². The lowest BCUT2D eigenvalue weighted by Gasteiger charge is -2.16. The van der Waals surface area contributed by atoms with E-state index in [9.17, 15) is 5.26 Å². The number of hydrogen-bond acceptors (Lipinski definition) is 7. The first-order valence-corrected chi connectivity index (χ1v) is 20.6. The van der Waals surface area contributed by atoms with Crippen LogP contribution in [0.2, 0.25) is 0 Å². The van der Waals surface area contributed by atoms with Crippen LogP contribution in [-0.2, 0) is 0 Å². The number of rotatable bonds is 9. The van der Waals surface area contributed by atoms with E-state index < -0.39 is 0 Å². The Morgan fingerprint density at radius 1 is 0.361 bits per heavy atom. The van der Waals surface area contributed by atoms with Gasteiger partial charge in [-0.1, -0.05) is 194 Å². The second-order valence-corrected chi connectivity index (χ2v) is 15.3. The third-order valence-electron chi connectivity index (χ3n) is 10.4. The molecule has 9 aromatic rings. The van der Waals surface area contributed by atoms with E-state index in [2.05, 4.69) is 66.7 Å². The molecule has 0 bridgehead atoms. The molecule has 288 valence electrons. The van der Waals surface area contributed by atoms with Crippen LogP contribution in [0.5, 0.6) is 0 Å². The smallest absolute Gasteiger partial charge is 0.164 e. The van der Waals surface area contributed by atoms with Gasteiger partial charge in [0.2, 0.25) is 0 Å². The first-order valence-electron chi connectivity index (χ1n) is 19.7. The maximum absolute atomic E-state index is 9.66. The number of aromatic nitrogens is 3. The molecule has 2 N–H and O–H groups in total. The van der Waals surface area contributed by atoms with Crippen LogP contribution in [0.3, 0.4) is 0 Å². The minimum Gasteiger partial charge on any atom is -0.293 e. The second kappa shape index (κ2) is 17.4. The van der Waals surface area contributed by atoms with Crippen LogP contribution in [0, 0.1) is 22.1 Å². The Bertz CT molecular complexity index is 3120. The molecule has 1 aromatic heterocycles. The lowest BCUT2D eigenvalue weighted by molar-refractivity contribution is 1.07. The average molecular weight is 801 g/mol. The van der Waals surface area contributed by atoms with Gasteiger partial charge in [0.15, 0.2) is 17.5 Å². The highest BCUT2D eigenvalue weighted by Crippen LogP contribution is 2.40. The summed E-state index contributed by atoms with van der Waals surface area (Å²) in [7, 11) is 0. The van der Waals surface area contributed by atoms with Gasteiger partial charge in [-0.3, -0.25) is 10.8 Å². The van der Waals surface area contributed by atoms with Crippen molar-refractivity contribution in [2.75, 3.05) is 0 Å². The van der Waals surface area contributed by atoms with E-state index in [0.29, 0.717) is 33.1 Å². The summed E-state index contributed by atoms with van der Waals surface area (Å²) in [5.41, 5.74) is 12.7. The highest BCUT2D eigenvalue weighted by Gasteiger charge is 2.18. The molecule has 0 unspecified atom stereocenters. The molecule has 0 aliphatic rings. The second-order valence-electron chi connectivity index (χ2n) is 14.3. The molecular formula is C54H36N6S. The monoisotopic (exact) mass is 800 g/mol. The first kappa shape index (κ1) is 38.5. The molecule has 0 radical (unpaired) electrons. The van der Waals surface area contributed by atoms with Crippen molar-refractivity contribution in [3.63, 3.8) is 0 Å². The van der Waals surface area contributed by atoms with E-state index in [1.165, 1.54) is 0 Å². The molecule has 7 heteroatoms. The topological polar surface area (TPSA) is 110 Å². The first-order chi connectivity index (χ1) is 30.0. The van der Waals surface area contributed by atoms with Crippen LogP contribution < -0.4 is 0 Å². The van der Waals surface area contributed by atoms with Crippen molar-refractivity contribution in [3.8, 4) is 84.7 Å². The van der Waals surface area contributed by atoms with E-state index in [1.807, 2.05) is 140 Å². The fourth-order valence-corrected chi connectivity index (χ4v) is 8.13. The van der Waals surface area contributed by atoms with Gasteiger partial charge in [0.1, 0.15) is 10.1 Å². The predicted molar refractivity (Wildman–Crippen MR) is 250 cm³/mol. The van der Waals surface area contributed by atoms with Crippen molar-refractivity contribution in [1.29, 1.82) is 16.1 Å². The molecule has 0 saturated carbocycles. The molecule has 0 atom stereocenters. The Balaban J connectivity index is 1.10. The van der Waals surface area contributed by atoms with Crippen molar-refractivity contribution in [1.82, 2.24) is 15.0 Å². The molecule has 9 rings (SSSR count). The van der Waals surface area contributed by atoms with E-state index >= 15 is 0 Å². The average Bonchev–Trinajstić information content (AvgIpc) is 3.34. The highest BCUT2D eigenvalue weighted by molar-refractivity contribution is 8.27. The predicted octanol–water partition coefficient (Wildman–Crippen LogP) is 13.5. The largest absolute Gasteiger partial charge is 0.293 e. The van der Waals surface area contributed by atoms with Crippen molar-refractivity contribution >= 4 is 21.8 Å². The van der Waals surface area contributed by atoms with E-state index in [0.717, 1.165) is 84.1 Å². The van der Waals surface area contributed by atoms with Gasteiger partial charge in [-0.15, -0.1) is 0 Å². The van der Waals surface area contributed by atoms with Crippen LogP contribution in [0.15, 0.2) is 206 Å². The van der Waals surface area contributed by atoms with Crippen molar-refractivity contribution in [3.05, 3.63) is 223 Å². The van der Waals surface area contributed by atoms with Gasteiger partial charge in [0.25, 0.3) is 0 Å². The SMILES string of the molecule is N#Cc1cccc(-c2ccccc2-c2nc(-c3ccccc3)nc(-c3cccc(-c4ccccc4-c4ccccc4-c4cccc(C(=N)SC(=N)c5ccccc5)c4)c3)n2)c1. The molecule has 0 saturated heterocycles. The van der Waals surface area contributed by atoms with Crippen molar-refractivity contribution in [2.45, 2.75) is 0 Å².